The van der Waals surface area contributed by atoms with Crippen molar-refractivity contribution in [3.05, 3.63) is 0 Å². The zero-order valence-corrected chi connectivity index (χ0v) is 9.22. The molecule has 1 saturated heterocycles. The number of hydrogen-bond donors (Lipinski definition) is 1. The van der Waals surface area contributed by atoms with Crippen LogP contribution >= 0.6 is 0 Å². The standard InChI is InChI=1S/C10H17F3O3/c1-15-9(4-6-16-7-5-9)8(14)2-3-10(11,12)13/h8,14H,2-7H2,1H3. The molecule has 1 rings (SSSR count). The number of rotatable bonds is 4. The van der Waals surface area contributed by atoms with E-state index in [0.29, 0.717) is 26.1 Å². The van der Waals surface area contributed by atoms with E-state index in [9.17, 15) is 18.3 Å². The molecule has 1 fully saturated rings. The molecule has 1 heterocycles. The molecule has 0 aromatic heterocycles. The fraction of sp³-hybridized carbons (Fsp3) is 1.00. The second-order valence-corrected chi connectivity index (χ2v) is 4.05. The minimum Gasteiger partial charge on any atom is -0.390 e. The van der Waals surface area contributed by atoms with Gasteiger partial charge in [0.25, 0.3) is 0 Å². The monoisotopic (exact) mass is 242 g/mol. The summed E-state index contributed by atoms with van der Waals surface area (Å²) < 4.78 is 46.4. The van der Waals surface area contributed by atoms with Gasteiger partial charge in [-0.25, -0.2) is 0 Å². The van der Waals surface area contributed by atoms with E-state index in [4.69, 9.17) is 9.47 Å². The van der Waals surface area contributed by atoms with E-state index >= 15 is 0 Å². The number of hydrogen-bond acceptors (Lipinski definition) is 3. The van der Waals surface area contributed by atoms with E-state index in [-0.39, 0.29) is 6.42 Å². The summed E-state index contributed by atoms with van der Waals surface area (Å²) >= 11 is 0. The summed E-state index contributed by atoms with van der Waals surface area (Å²) in [6.07, 6.45) is -5.77. The summed E-state index contributed by atoms with van der Waals surface area (Å²) in [5, 5.41) is 9.81. The molecule has 0 aromatic rings. The molecule has 3 nitrogen and oxygen atoms in total. The Kier molecular flexibility index (Phi) is 4.58. The van der Waals surface area contributed by atoms with Gasteiger partial charge in [-0.1, -0.05) is 0 Å². The number of halogens is 3. The molecule has 1 aliphatic heterocycles. The highest BCUT2D eigenvalue weighted by Crippen LogP contribution is 2.32. The lowest BCUT2D eigenvalue weighted by Crippen LogP contribution is -2.48. The summed E-state index contributed by atoms with van der Waals surface area (Å²) in [6.45, 7) is 0.827. The lowest BCUT2D eigenvalue weighted by Gasteiger charge is -2.39. The normalized spacial score (nSPS) is 23.1. The highest BCUT2D eigenvalue weighted by atomic mass is 19.4. The van der Waals surface area contributed by atoms with Gasteiger partial charge in [-0.15, -0.1) is 0 Å². The number of methoxy groups -OCH3 is 1. The molecule has 0 amide bonds. The van der Waals surface area contributed by atoms with Gasteiger partial charge in [0.15, 0.2) is 0 Å². The highest BCUT2D eigenvalue weighted by molar-refractivity contribution is 4.90. The maximum atomic E-state index is 12.0. The Morgan fingerprint density at radius 3 is 2.38 bits per heavy atom. The Morgan fingerprint density at radius 1 is 1.38 bits per heavy atom. The van der Waals surface area contributed by atoms with Gasteiger partial charge < -0.3 is 14.6 Å². The minimum absolute atomic E-state index is 0.322. The smallest absolute Gasteiger partial charge is 0.389 e. The zero-order valence-electron chi connectivity index (χ0n) is 9.22. The average Bonchev–Trinajstić information content (AvgIpc) is 2.25. The van der Waals surface area contributed by atoms with Crippen molar-refractivity contribution in [1.29, 1.82) is 0 Å². The van der Waals surface area contributed by atoms with E-state index in [2.05, 4.69) is 0 Å². The second kappa shape index (κ2) is 5.33. The first-order valence-electron chi connectivity index (χ1n) is 5.27. The van der Waals surface area contributed by atoms with Crippen molar-refractivity contribution in [3.8, 4) is 0 Å². The fourth-order valence-corrected chi connectivity index (χ4v) is 1.95. The molecule has 16 heavy (non-hydrogen) atoms. The maximum Gasteiger partial charge on any atom is 0.389 e. The number of aliphatic hydroxyl groups is 1. The van der Waals surface area contributed by atoms with Crippen molar-refractivity contribution in [2.24, 2.45) is 0 Å². The summed E-state index contributed by atoms with van der Waals surface area (Å²) in [5.41, 5.74) is -0.872. The molecule has 1 atom stereocenters. The van der Waals surface area contributed by atoms with Crippen LogP contribution in [0.5, 0.6) is 0 Å². The van der Waals surface area contributed by atoms with Gasteiger partial charge in [-0.3, -0.25) is 0 Å². The quantitative estimate of drug-likeness (QED) is 0.818. The molecule has 6 heteroatoms. The molecule has 0 aliphatic carbocycles. The van der Waals surface area contributed by atoms with Crippen LogP contribution in [0.4, 0.5) is 13.2 Å². The van der Waals surface area contributed by atoms with Gasteiger partial charge in [0, 0.05) is 39.6 Å². The summed E-state index contributed by atoms with van der Waals surface area (Å²) in [4.78, 5) is 0. The average molecular weight is 242 g/mol. The summed E-state index contributed by atoms with van der Waals surface area (Å²) in [5.74, 6) is 0. The van der Waals surface area contributed by atoms with Gasteiger partial charge in [-0.05, 0) is 6.42 Å². The summed E-state index contributed by atoms with van der Waals surface area (Å²) in [6, 6.07) is 0. The third-order valence-corrected chi connectivity index (χ3v) is 3.05. The molecule has 0 saturated carbocycles. The molecule has 0 bridgehead atoms. The Labute approximate surface area is 92.5 Å². The molecule has 0 aromatic carbocycles. The van der Waals surface area contributed by atoms with Crippen LogP contribution in [0.25, 0.3) is 0 Å². The van der Waals surface area contributed by atoms with Crippen molar-refractivity contribution in [2.45, 2.75) is 43.6 Å². The van der Waals surface area contributed by atoms with Gasteiger partial charge >= 0.3 is 6.18 Å². The van der Waals surface area contributed by atoms with Crippen molar-refractivity contribution in [2.75, 3.05) is 20.3 Å². The van der Waals surface area contributed by atoms with E-state index in [0.717, 1.165) is 0 Å². The van der Waals surface area contributed by atoms with E-state index in [1.807, 2.05) is 0 Å². The first-order valence-corrected chi connectivity index (χ1v) is 5.27. The molecular formula is C10H17F3O3. The third-order valence-electron chi connectivity index (χ3n) is 3.05. The molecular weight excluding hydrogens is 225 g/mol. The van der Waals surface area contributed by atoms with Crippen LogP contribution < -0.4 is 0 Å². The predicted octanol–water partition coefficient (Wildman–Crippen LogP) is 1.89. The zero-order chi connectivity index (χ0) is 12.2. The van der Waals surface area contributed by atoms with Crippen LogP contribution in [0.3, 0.4) is 0 Å². The van der Waals surface area contributed by atoms with Crippen molar-refractivity contribution in [1.82, 2.24) is 0 Å². The SMILES string of the molecule is COC1(C(O)CCC(F)(F)F)CCOCC1. The van der Waals surface area contributed by atoms with Crippen LogP contribution in [0.2, 0.25) is 0 Å². The maximum absolute atomic E-state index is 12.0. The van der Waals surface area contributed by atoms with Gasteiger partial charge in [0.2, 0.25) is 0 Å². The Bertz CT molecular complexity index is 212. The molecule has 0 spiro atoms. The third kappa shape index (κ3) is 3.61. The van der Waals surface area contributed by atoms with Crippen LogP contribution in [0, 0.1) is 0 Å². The fourth-order valence-electron chi connectivity index (χ4n) is 1.95. The first kappa shape index (κ1) is 13.7. The Hall–Kier alpha value is -0.330. The lowest BCUT2D eigenvalue weighted by molar-refractivity contribution is -0.174. The molecule has 1 aliphatic rings. The van der Waals surface area contributed by atoms with Gasteiger partial charge in [0.05, 0.1) is 11.7 Å². The van der Waals surface area contributed by atoms with Crippen LogP contribution in [-0.2, 0) is 9.47 Å². The largest absolute Gasteiger partial charge is 0.390 e. The van der Waals surface area contributed by atoms with Gasteiger partial charge in [0.1, 0.15) is 0 Å². The summed E-state index contributed by atoms with van der Waals surface area (Å²) in [7, 11) is 1.42. The second-order valence-electron chi connectivity index (χ2n) is 4.05. The van der Waals surface area contributed by atoms with Crippen molar-refractivity contribution < 1.29 is 27.8 Å². The van der Waals surface area contributed by atoms with E-state index < -0.39 is 24.3 Å². The molecule has 96 valence electrons. The van der Waals surface area contributed by atoms with Crippen molar-refractivity contribution >= 4 is 0 Å². The van der Waals surface area contributed by atoms with Crippen molar-refractivity contribution in [3.63, 3.8) is 0 Å². The highest BCUT2D eigenvalue weighted by Gasteiger charge is 2.41. The molecule has 1 N–H and O–H groups in total. The topological polar surface area (TPSA) is 38.7 Å². The first-order chi connectivity index (χ1) is 7.40. The van der Waals surface area contributed by atoms with Crippen LogP contribution in [0.1, 0.15) is 25.7 Å². The predicted molar refractivity (Wildman–Crippen MR) is 51.1 cm³/mol. The van der Waals surface area contributed by atoms with E-state index in [1.54, 1.807) is 0 Å². The van der Waals surface area contributed by atoms with Gasteiger partial charge in [-0.2, -0.15) is 13.2 Å². The minimum atomic E-state index is -4.24. The Balaban J connectivity index is 2.51. The number of ether oxygens (including phenoxy) is 2. The lowest BCUT2D eigenvalue weighted by atomic mass is 9.85. The molecule has 1 unspecified atom stereocenters. The molecule has 0 radical (unpaired) electrons. The number of alkyl halides is 3. The van der Waals surface area contributed by atoms with Crippen LogP contribution in [0.15, 0.2) is 0 Å². The van der Waals surface area contributed by atoms with Crippen LogP contribution in [-0.4, -0.2) is 43.3 Å². The van der Waals surface area contributed by atoms with E-state index in [1.165, 1.54) is 7.11 Å². The Morgan fingerprint density at radius 2 is 1.94 bits per heavy atom. The number of aliphatic hydroxyl groups excluding tert-OH is 1.